The molecule has 0 aliphatic carbocycles. The van der Waals surface area contributed by atoms with Gasteiger partial charge in [0.25, 0.3) is 0 Å². The highest BCUT2D eigenvalue weighted by Gasteiger charge is 1.94. The summed E-state index contributed by atoms with van der Waals surface area (Å²) in [4.78, 5) is 1.70. The van der Waals surface area contributed by atoms with E-state index in [2.05, 4.69) is 20.5 Å². The maximum Gasteiger partial charge on any atom is 0.0693 e. The Morgan fingerprint density at radius 3 is 2.43 bits per heavy atom. The van der Waals surface area contributed by atoms with Crippen LogP contribution in [-0.4, -0.2) is 30.0 Å². The van der Waals surface area contributed by atoms with E-state index in [1.807, 2.05) is 10.9 Å². The Labute approximate surface area is 81.5 Å². The molecule has 0 saturated carbocycles. The SMILES string of the molecule is c1cn(CCCCn2nccn2)nn1. The maximum atomic E-state index is 4.02. The molecule has 6 heteroatoms. The van der Waals surface area contributed by atoms with Crippen LogP contribution in [0.4, 0.5) is 0 Å². The fourth-order valence-corrected chi connectivity index (χ4v) is 1.24. The summed E-state index contributed by atoms with van der Waals surface area (Å²) in [5.74, 6) is 0. The minimum Gasteiger partial charge on any atom is -0.253 e. The lowest BCUT2D eigenvalue weighted by Crippen LogP contribution is -2.04. The van der Waals surface area contributed by atoms with E-state index in [0.717, 1.165) is 25.9 Å². The Hall–Kier alpha value is -1.72. The Morgan fingerprint density at radius 2 is 1.71 bits per heavy atom. The third-order valence-corrected chi connectivity index (χ3v) is 1.93. The van der Waals surface area contributed by atoms with Crippen molar-refractivity contribution in [1.82, 2.24) is 30.0 Å². The predicted molar refractivity (Wildman–Crippen MR) is 49.3 cm³/mol. The van der Waals surface area contributed by atoms with Crippen molar-refractivity contribution in [3.63, 3.8) is 0 Å². The summed E-state index contributed by atoms with van der Waals surface area (Å²) in [7, 11) is 0. The first-order valence-corrected chi connectivity index (χ1v) is 4.63. The molecule has 0 bridgehead atoms. The third kappa shape index (κ3) is 2.38. The highest BCUT2D eigenvalue weighted by molar-refractivity contribution is 4.64. The van der Waals surface area contributed by atoms with Crippen molar-refractivity contribution in [2.45, 2.75) is 25.9 Å². The highest BCUT2D eigenvalue weighted by atomic mass is 15.5. The molecule has 6 nitrogen and oxygen atoms in total. The largest absolute Gasteiger partial charge is 0.253 e. The number of aromatic nitrogens is 6. The number of nitrogens with zero attached hydrogens (tertiary/aromatic N) is 6. The van der Waals surface area contributed by atoms with Crippen molar-refractivity contribution in [1.29, 1.82) is 0 Å². The van der Waals surface area contributed by atoms with Crippen LogP contribution in [0.25, 0.3) is 0 Å². The lowest BCUT2D eigenvalue weighted by atomic mass is 10.3. The zero-order valence-electron chi connectivity index (χ0n) is 7.82. The number of unbranched alkanes of at least 4 members (excludes halogenated alkanes) is 1. The third-order valence-electron chi connectivity index (χ3n) is 1.93. The lowest BCUT2D eigenvalue weighted by Gasteiger charge is -2.00. The molecule has 2 rings (SSSR count). The first kappa shape index (κ1) is 8.86. The van der Waals surface area contributed by atoms with Gasteiger partial charge in [-0.3, -0.25) is 4.68 Å². The van der Waals surface area contributed by atoms with Crippen LogP contribution in [0.3, 0.4) is 0 Å². The van der Waals surface area contributed by atoms with Gasteiger partial charge < -0.3 is 0 Å². The summed E-state index contributed by atoms with van der Waals surface area (Å²) in [5, 5.41) is 15.7. The standard InChI is InChI=1S/C8H12N6/c1(6-13-8-5-9-12-13)2-7-14-10-3-4-11-14/h3-5,8H,1-2,6-7H2. The summed E-state index contributed by atoms with van der Waals surface area (Å²) >= 11 is 0. The smallest absolute Gasteiger partial charge is 0.0693 e. The quantitative estimate of drug-likeness (QED) is 0.641. The van der Waals surface area contributed by atoms with E-state index in [0.29, 0.717) is 0 Å². The summed E-state index contributed by atoms with van der Waals surface area (Å²) in [5.41, 5.74) is 0. The maximum absolute atomic E-state index is 4.02. The van der Waals surface area contributed by atoms with Gasteiger partial charge in [-0.05, 0) is 12.8 Å². The molecule has 2 aromatic heterocycles. The molecule has 2 heterocycles. The van der Waals surface area contributed by atoms with Gasteiger partial charge in [-0.15, -0.1) is 5.10 Å². The lowest BCUT2D eigenvalue weighted by molar-refractivity contribution is 0.463. The fourth-order valence-electron chi connectivity index (χ4n) is 1.24. The molecular formula is C8H12N6. The van der Waals surface area contributed by atoms with Gasteiger partial charge in [-0.2, -0.15) is 15.0 Å². The average molecular weight is 192 g/mol. The molecule has 0 spiro atoms. The van der Waals surface area contributed by atoms with E-state index < -0.39 is 0 Å². The summed E-state index contributed by atoms with van der Waals surface area (Å²) in [6.07, 6.45) is 9.05. The first-order valence-electron chi connectivity index (χ1n) is 4.63. The second-order valence-electron chi connectivity index (χ2n) is 3.00. The molecule has 0 atom stereocenters. The van der Waals surface area contributed by atoms with Crippen molar-refractivity contribution in [3.8, 4) is 0 Å². The summed E-state index contributed by atoms with van der Waals surface area (Å²) < 4.78 is 1.83. The Bertz CT molecular complexity index is 302. The fraction of sp³-hybridized carbons (Fsp3) is 0.500. The van der Waals surface area contributed by atoms with Gasteiger partial charge in [0, 0.05) is 12.7 Å². The first-order chi connectivity index (χ1) is 6.95. The molecule has 0 unspecified atom stereocenters. The molecule has 0 fully saturated rings. The number of hydrogen-bond donors (Lipinski definition) is 0. The van der Waals surface area contributed by atoms with Crippen LogP contribution < -0.4 is 0 Å². The van der Waals surface area contributed by atoms with E-state index >= 15 is 0 Å². The van der Waals surface area contributed by atoms with Gasteiger partial charge in [0.15, 0.2) is 0 Å². The molecule has 0 amide bonds. The van der Waals surface area contributed by atoms with Gasteiger partial charge in [0.2, 0.25) is 0 Å². The molecule has 0 radical (unpaired) electrons. The Balaban J connectivity index is 1.65. The Kier molecular flexibility index (Phi) is 2.85. The second-order valence-corrected chi connectivity index (χ2v) is 3.00. The van der Waals surface area contributed by atoms with E-state index in [-0.39, 0.29) is 0 Å². The number of aryl methyl sites for hydroxylation is 2. The number of rotatable bonds is 5. The van der Waals surface area contributed by atoms with Crippen molar-refractivity contribution >= 4 is 0 Å². The van der Waals surface area contributed by atoms with Crippen molar-refractivity contribution in [3.05, 3.63) is 24.8 Å². The highest BCUT2D eigenvalue weighted by Crippen LogP contribution is 1.95. The average Bonchev–Trinajstić information content (AvgIpc) is 2.86. The molecule has 0 aliphatic rings. The van der Waals surface area contributed by atoms with Gasteiger partial charge >= 0.3 is 0 Å². The van der Waals surface area contributed by atoms with Crippen LogP contribution in [0.1, 0.15) is 12.8 Å². The van der Waals surface area contributed by atoms with E-state index in [4.69, 9.17) is 0 Å². The van der Waals surface area contributed by atoms with Crippen LogP contribution >= 0.6 is 0 Å². The molecule has 74 valence electrons. The van der Waals surface area contributed by atoms with Crippen LogP contribution in [0.2, 0.25) is 0 Å². The van der Waals surface area contributed by atoms with Gasteiger partial charge in [-0.25, -0.2) is 0 Å². The molecule has 14 heavy (non-hydrogen) atoms. The monoisotopic (exact) mass is 192 g/mol. The predicted octanol–water partition coefficient (Wildman–Crippen LogP) is 0.350. The minimum atomic E-state index is 0.863. The van der Waals surface area contributed by atoms with Crippen LogP contribution in [0, 0.1) is 0 Å². The van der Waals surface area contributed by atoms with E-state index in [1.165, 1.54) is 0 Å². The molecule has 0 aliphatic heterocycles. The molecule has 0 N–H and O–H groups in total. The molecule has 2 aromatic rings. The van der Waals surface area contributed by atoms with Gasteiger partial charge in [-0.1, -0.05) is 5.21 Å². The molecule has 0 saturated heterocycles. The van der Waals surface area contributed by atoms with E-state index in [1.54, 1.807) is 23.4 Å². The summed E-state index contributed by atoms with van der Waals surface area (Å²) in [6, 6.07) is 0. The normalized spacial score (nSPS) is 10.6. The van der Waals surface area contributed by atoms with E-state index in [9.17, 15) is 0 Å². The minimum absolute atomic E-state index is 0.863. The second kappa shape index (κ2) is 4.50. The van der Waals surface area contributed by atoms with Crippen LogP contribution in [0.5, 0.6) is 0 Å². The van der Waals surface area contributed by atoms with Crippen LogP contribution in [0.15, 0.2) is 24.8 Å². The van der Waals surface area contributed by atoms with Crippen molar-refractivity contribution in [2.75, 3.05) is 0 Å². The van der Waals surface area contributed by atoms with Gasteiger partial charge in [0.05, 0.1) is 25.1 Å². The van der Waals surface area contributed by atoms with Crippen molar-refractivity contribution in [2.24, 2.45) is 0 Å². The van der Waals surface area contributed by atoms with Crippen molar-refractivity contribution < 1.29 is 0 Å². The topological polar surface area (TPSA) is 61.4 Å². The van der Waals surface area contributed by atoms with Gasteiger partial charge in [0.1, 0.15) is 0 Å². The Morgan fingerprint density at radius 1 is 0.929 bits per heavy atom. The molecule has 0 aromatic carbocycles. The zero-order valence-corrected chi connectivity index (χ0v) is 7.82. The van der Waals surface area contributed by atoms with Crippen LogP contribution in [-0.2, 0) is 13.1 Å². The molecular weight excluding hydrogens is 180 g/mol. The number of hydrogen-bond acceptors (Lipinski definition) is 4. The zero-order chi connectivity index (χ0) is 9.64. The summed E-state index contributed by atoms with van der Waals surface area (Å²) in [6.45, 7) is 1.77.